The van der Waals surface area contributed by atoms with E-state index in [0.29, 0.717) is 0 Å². The topological polar surface area (TPSA) is 122 Å². The summed E-state index contributed by atoms with van der Waals surface area (Å²) in [7, 11) is 3.10. The maximum Gasteiger partial charge on any atom is 0.382 e. The van der Waals surface area contributed by atoms with Gasteiger partial charge in [0.15, 0.2) is 0 Å². The molecule has 0 fully saturated rings. The molecule has 0 saturated heterocycles. The highest BCUT2D eigenvalue weighted by atomic mass is 16.6. The van der Waals surface area contributed by atoms with Crippen molar-refractivity contribution < 1.29 is 9.85 Å². The Morgan fingerprint density at radius 1 is 0.944 bits per heavy atom. The van der Waals surface area contributed by atoms with Crippen LogP contribution < -0.4 is 0 Å². The molecular weight excluding hydrogens is 244 g/mol. The third-order valence-corrected chi connectivity index (χ3v) is 2.30. The minimum absolute atomic E-state index is 0.192. The predicted octanol–water partition coefficient (Wildman–Crippen LogP) is 0.637. The third kappa shape index (κ3) is 1.79. The summed E-state index contributed by atoms with van der Waals surface area (Å²) in [5, 5.41) is 21.2. The molecule has 0 saturated carbocycles. The molecule has 0 aliphatic rings. The molecular formula is C8H8N6O4. The Balaban J connectivity index is 2.54. The summed E-state index contributed by atoms with van der Waals surface area (Å²) in [6, 6.07) is 0. The number of aromatic nitrogens is 4. The summed E-state index contributed by atoms with van der Waals surface area (Å²) in [6.45, 7) is 0. The van der Waals surface area contributed by atoms with Gasteiger partial charge in [-0.05, 0) is 19.8 Å². The van der Waals surface area contributed by atoms with Crippen molar-refractivity contribution >= 4 is 11.6 Å². The van der Waals surface area contributed by atoms with E-state index in [1.165, 1.54) is 21.5 Å². The molecule has 0 bridgehead atoms. The van der Waals surface area contributed by atoms with Gasteiger partial charge in [0.25, 0.3) is 0 Å². The Morgan fingerprint density at radius 2 is 1.28 bits per heavy atom. The minimum atomic E-state index is -0.638. The fourth-order valence-electron chi connectivity index (χ4n) is 1.49. The minimum Gasteiger partial charge on any atom is -0.358 e. The SMILES string of the molecule is Cn1cc([N+](=O)[O-])nc1-c1nc([N+](=O)[O-])cn1C. The van der Waals surface area contributed by atoms with Crippen LogP contribution in [-0.2, 0) is 14.1 Å². The van der Waals surface area contributed by atoms with Crippen LogP contribution in [0.4, 0.5) is 11.6 Å². The summed E-state index contributed by atoms with van der Waals surface area (Å²) < 4.78 is 2.79. The van der Waals surface area contributed by atoms with Crippen molar-refractivity contribution in [2.45, 2.75) is 0 Å². The summed E-state index contributed by atoms with van der Waals surface area (Å²) in [5.41, 5.74) is 0. The first-order valence-electron chi connectivity index (χ1n) is 4.76. The highest BCUT2D eigenvalue weighted by Crippen LogP contribution is 2.22. The molecule has 0 spiro atoms. The Morgan fingerprint density at radius 3 is 1.50 bits per heavy atom. The summed E-state index contributed by atoms with van der Waals surface area (Å²) in [4.78, 5) is 27.4. The van der Waals surface area contributed by atoms with Gasteiger partial charge in [-0.3, -0.25) is 0 Å². The largest absolute Gasteiger partial charge is 0.382 e. The van der Waals surface area contributed by atoms with Gasteiger partial charge in [0.1, 0.15) is 12.4 Å². The van der Waals surface area contributed by atoms with E-state index >= 15 is 0 Å². The molecule has 0 aliphatic heterocycles. The zero-order valence-corrected chi connectivity index (χ0v) is 9.47. The number of rotatable bonds is 3. The molecule has 0 radical (unpaired) electrons. The lowest BCUT2D eigenvalue weighted by atomic mass is 10.5. The van der Waals surface area contributed by atoms with Crippen LogP contribution in [0.1, 0.15) is 0 Å². The van der Waals surface area contributed by atoms with Crippen LogP contribution in [0.25, 0.3) is 11.6 Å². The second-order valence-electron chi connectivity index (χ2n) is 3.58. The fraction of sp³-hybridized carbons (Fsp3) is 0.250. The highest BCUT2D eigenvalue weighted by molar-refractivity contribution is 5.50. The summed E-state index contributed by atoms with van der Waals surface area (Å²) in [5.74, 6) is -0.286. The Bertz CT molecular complexity index is 586. The van der Waals surface area contributed by atoms with Gasteiger partial charge in [-0.2, -0.15) is 0 Å². The Kier molecular flexibility index (Phi) is 2.54. The average molecular weight is 252 g/mol. The predicted molar refractivity (Wildman–Crippen MR) is 58.7 cm³/mol. The lowest BCUT2D eigenvalue weighted by Crippen LogP contribution is -1.98. The normalized spacial score (nSPS) is 10.6. The van der Waals surface area contributed by atoms with Crippen LogP contribution >= 0.6 is 0 Å². The molecule has 94 valence electrons. The number of hydrogen-bond acceptors (Lipinski definition) is 6. The van der Waals surface area contributed by atoms with Gasteiger partial charge in [0, 0.05) is 14.1 Å². The molecule has 18 heavy (non-hydrogen) atoms. The van der Waals surface area contributed by atoms with E-state index in [4.69, 9.17) is 0 Å². The van der Waals surface area contributed by atoms with Gasteiger partial charge in [-0.15, -0.1) is 0 Å². The summed E-state index contributed by atoms with van der Waals surface area (Å²) in [6.07, 6.45) is 2.44. The Hall–Kier alpha value is -2.78. The van der Waals surface area contributed by atoms with Gasteiger partial charge in [-0.25, -0.2) is 0 Å². The van der Waals surface area contributed by atoms with Crippen LogP contribution in [0, 0.1) is 20.2 Å². The molecule has 2 aromatic rings. The molecule has 0 aliphatic carbocycles. The zero-order valence-electron chi connectivity index (χ0n) is 9.47. The summed E-state index contributed by atoms with van der Waals surface area (Å²) >= 11 is 0. The molecule has 0 N–H and O–H groups in total. The van der Waals surface area contributed by atoms with Gasteiger partial charge in [-0.1, -0.05) is 0 Å². The van der Waals surface area contributed by atoms with Crippen molar-refractivity contribution in [3.8, 4) is 11.6 Å². The van der Waals surface area contributed by atoms with Crippen molar-refractivity contribution in [2.24, 2.45) is 14.1 Å². The smallest absolute Gasteiger partial charge is 0.358 e. The fourth-order valence-corrected chi connectivity index (χ4v) is 1.49. The molecule has 2 heterocycles. The van der Waals surface area contributed by atoms with Crippen LogP contribution in [0.2, 0.25) is 0 Å². The monoisotopic (exact) mass is 252 g/mol. The second kappa shape index (κ2) is 3.91. The first-order chi connectivity index (χ1) is 8.40. The molecule has 0 aromatic carbocycles. The van der Waals surface area contributed by atoms with Gasteiger partial charge in [0.2, 0.25) is 0 Å². The third-order valence-electron chi connectivity index (χ3n) is 2.30. The van der Waals surface area contributed by atoms with E-state index in [1.54, 1.807) is 14.1 Å². The van der Waals surface area contributed by atoms with E-state index in [0.717, 1.165) is 0 Å². The van der Waals surface area contributed by atoms with Crippen LogP contribution in [-0.4, -0.2) is 28.9 Å². The van der Waals surface area contributed by atoms with E-state index in [2.05, 4.69) is 9.97 Å². The number of imidazole rings is 2. The van der Waals surface area contributed by atoms with E-state index in [1.807, 2.05) is 0 Å². The van der Waals surface area contributed by atoms with Crippen molar-refractivity contribution in [3.05, 3.63) is 32.6 Å². The van der Waals surface area contributed by atoms with E-state index in [9.17, 15) is 20.2 Å². The lowest BCUT2D eigenvalue weighted by Gasteiger charge is -1.91. The van der Waals surface area contributed by atoms with Crippen molar-refractivity contribution in [1.29, 1.82) is 0 Å². The number of nitrogens with zero attached hydrogens (tertiary/aromatic N) is 6. The maximum atomic E-state index is 10.6. The number of hydrogen-bond donors (Lipinski definition) is 0. The van der Waals surface area contributed by atoms with Crippen molar-refractivity contribution in [2.75, 3.05) is 0 Å². The Labute approximate surface area is 99.8 Å². The lowest BCUT2D eigenvalue weighted by molar-refractivity contribution is -0.389. The molecule has 10 nitrogen and oxygen atoms in total. The van der Waals surface area contributed by atoms with Gasteiger partial charge in [0.05, 0.1) is 0 Å². The first-order valence-corrected chi connectivity index (χ1v) is 4.76. The molecule has 0 atom stereocenters. The molecule has 2 aromatic heterocycles. The van der Waals surface area contributed by atoms with Crippen molar-refractivity contribution in [1.82, 2.24) is 19.1 Å². The van der Waals surface area contributed by atoms with Crippen LogP contribution in [0.5, 0.6) is 0 Å². The standard InChI is InChI=1S/C8H8N6O4/c1-11-3-5(13(15)16)9-7(11)8-10-6(14(17)18)4-12(8)2/h3-4H,1-2H3. The number of aryl methyl sites for hydroxylation is 2. The zero-order chi connectivity index (χ0) is 13.4. The van der Waals surface area contributed by atoms with Gasteiger partial charge >= 0.3 is 23.3 Å². The molecule has 0 unspecified atom stereocenters. The molecule has 10 heteroatoms. The first kappa shape index (κ1) is 11.7. The van der Waals surface area contributed by atoms with Crippen molar-refractivity contribution in [3.63, 3.8) is 0 Å². The van der Waals surface area contributed by atoms with Gasteiger partial charge < -0.3 is 29.4 Å². The average Bonchev–Trinajstić information content (AvgIpc) is 2.82. The maximum absolute atomic E-state index is 10.6. The van der Waals surface area contributed by atoms with Crippen LogP contribution in [0.3, 0.4) is 0 Å². The van der Waals surface area contributed by atoms with E-state index in [-0.39, 0.29) is 23.3 Å². The highest BCUT2D eigenvalue weighted by Gasteiger charge is 2.28. The van der Waals surface area contributed by atoms with E-state index < -0.39 is 9.85 Å². The molecule has 0 amide bonds. The molecule has 2 rings (SSSR count). The van der Waals surface area contributed by atoms with Crippen LogP contribution in [0.15, 0.2) is 12.4 Å². The second-order valence-corrected chi connectivity index (χ2v) is 3.58. The quantitative estimate of drug-likeness (QED) is 0.583. The number of nitro groups is 2.